The molecule has 0 aromatic rings. The van der Waals surface area contributed by atoms with Crippen LogP contribution >= 0.6 is 0 Å². The van der Waals surface area contributed by atoms with E-state index < -0.39 is 5.79 Å². The molecule has 0 amide bonds. The van der Waals surface area contributed by atoms with Crippen LogP contribution in [0.3, 0.4) is 0 Å². The molecular formula is C6H10O3. The number of hydrogen-bond donors (Lipinski definition) is 3. The van der Waals surface area contributed by atoms with E-state index in [2.05, 4.69) is 0 Å². The summed E-state index contributed by atoms with van der Waals surface area (Å²) in [6.45, 7) is 0. The Bertz CT molecular complexity index is 137. The predicted octanol–water partition coefficient (Wildman–Crippen LogP) is 0.293. The van der Waals surface area contributed by atoms with Gasteiger partial charge in [-0.05, 0) is 12.5 Å². The Morgan fingerprint density at radius 2 is 2.11 bits per heavy atom. The largest absolute Gasteiger partial charge is 0.512 e. The van der Waals surface area contributed by atoms with E-state index in [0.29, 0.717) is 12.8 Å². The molecule has 0 aromatic carbocycles. The van der Waals surface area contributed by atoms with Crippen LogP contribution in [-0.2, 0) is 0 Å². The van der Waals surface area contributed by atoms with Crippen molar-refractivity contribution in [3.8, 4) is 0 Å². The van der Waals surface area contributed by atoms with Gasteiger partial charge in [-0.2, -0.15) is 0 Å². The summed E-state index contributed by atoms with van der Waals surface area (Å²) in [6.07, 6.45) is 2.42. The van der Waals surface area contributed by atoms with Crippen molar-refractivity contribution in [1.82, 2.24) is 0 Å². The monoisotopic (exact) mass is 130 g/mol. The molecule has 0 bridgehead atoms. The molecule has 0 aliphatic heterocycles. The van der Waals surface area contributed by atoms with Gasteiger partial charge in [0.1, 0.15) is 0 Å². The topological polar surface area (TPSA) is 60.7 Å². The molecule has 3 N–H and O–H groups in total. The zero-order chi connectivity index (χ0) is 6.91. The lowest BCUT2D eigenvalue weighted by Crippen LogP contribution is -2.30. The van der Waals surface area contributed by atoms with Crippen LogP contribution in [0.4, 0.5) is 0 Å². The Kier molecular flexibility index (Phi) is 1.47. The van der Waals surface area contributed by atoms with Crippen molar-refractivity contribution in [2.75, 3.05) is 0 Å². The van der Waals surface area contributed by atoms with Crippen LogP contribution in [0.5, 0.6) is 0 Å². The van der Waals surface area contributed by atoms with Crippen LogP contribution in [0.2, 0.25) is 0 Å². The summed E-state index contributed by atoms with van der Waals surface area (Å²) in [7, 11) is 0. The Hall–Kier alpha value is -0.540. The molecule has 0 saturated carbocycles. The van der Waals surface area contributed by atoms with Gasteiger partial charge in [0.05, 0.1) is 12.2 Å². The van der Waals surface area contributed by atoms with Crippen LogP contribution in [0, 0.1) is 0 Å². The smallest absolute Gasteiger partial charge is 0.169 e. The second-order valence-corrected chi connectivity index (χ2v) is 2.39. The number of rotatable bonds is 0. The van der Waals surface area contributed by atoms with Crippen molar-refractivity contribution in [2.45, 2.75) is 25.0 Å². The zero-order valence-electron chi connectivity index (χ0n) is 5.04. The molecule has 3 heteroatoms. The number of aliphatic hydroxyl groups excluding tert-OH is 1. The third kappa shape index (κ3) is 1.69. The lowest BCUT2D eigenvalue weighted by Gasteiger charge is -2.23. The Morgan fingerprint density at radius 3 is 2.44 bits per heavy atom. The highest BCUT2D eigenvalue weighted by Gasteiger charge is 2.26. The normalized spacial score (nSPS) is 25.3. The molecule has 0 fully saturated rings. The first-order valence-corrected chi connectivity index (χ1v) is 2.93. The van der Waals surface area contributed by atoms with Crippen molar-refractivity contribution in [3.63, 3.8) is 0 Å². The molecule has 0 aromatic heterocycles. The highest BCUT2D eigenvalue weighted by Crippen LogP contribution is 2.23. The first-order chi connectivity index (χ1) is 4.10. The van der Waals surface area contributed by atoms with Crippen molar-refractivity contribution in [1.29, 1.82) is 0 Å². The molecular weight excluding hydrogens is 120 g/mol. The fourth-order valence-corrected chi connectivity index (χ4v) is 0.921. The summed E-state index contributed by atoms with van der Waals surface area (Å²) >= 11 is 0. The lowest BCUT2D eigenvalue weighted by molar-refractivity contribution is -0.170. The second kappa shape index (κ2) is 2.01. The molecule has 0 heterocycles. The van der Waals surface area contributed by atoms with E-state index in [-0.39, 0.29) is 12.2 Å². The molecule has 0 radical (unpaired) electrons. The number of hydrogen-bond acceptors (Lipinski definition) is 3. The van der Waals surface area contributed by atoms with E-state index in [0.717, 1.165) is 0 Å². The van der Waals surface area contributed by atoms with Gasteiger partial charge in [0.15, 0.2) is 5.79 Å². The predicted molar refractivity (Wildman–Crippen MR) is 31.7 cm³/mol. The highest BCUT2D eigenvalue weighted by molar-refractivity contribution is 5.00. The molecule has 0 unspecified atom stereocenters. The van der Waals surface area contributed by atoms with Gasteiger partial charge in [-0.3, -0.25) is 0 Å². The molecule has 1 aliphatic carbocycles. The standard InChI is InChI=1S/C6H10O3/c7-5-2-1-3-6(8,9)4-5/h2,7-9H,1,3-4H2. The van der Waals surface area contributed by atoms with Gasteiger partial charge in [-0.1, -0.05) is 0 Å². The number of allylic oxidation sites excluding steroid dienone is 1. The SMILES string of the molecule is OC1=CCCC(O)(O)C1. The van der Waals surface area contributed by atoms with Crippen LogP contribution in [0.15, 0.2) is 11.8 Å². The van der Waals surface area contributed by atoms with Crippen molar-refractivity contribution in [2.24, 2.45) is 0 Å². The molecule has 0 spiro atoms. The van der Waals surface area contributed by atoms with Crippen molar-refractivity contribution >= 4 is 0 Å². The molecule has 3 nitrogen and oxygen atoms in total. The first-order valence-electron chi connectivity index (χ1n) is 2.93. The van der Waals surface area contributed by atoms with Crippen LogP contribution in [0.25, 0.3) is 0 Å². The minimum atomic E-state index is -1.67. The van der Waals surface area contributed by atoms with Gasteiger partial charge < -0.3 is 15.3 Å². The Labute approximate surface area is 53.3 Å². The van der Waals surface area contributed by atoms with Crippen molar-refractivity contribution in [3.05, 3.63) is 11.8 Å². The number of aliphatic hydroxyl groups is 3. The second-order valence-electron chi connectivity index (χ2n) is 2.39. The average Bonchev–Trinajstić information content (AvgIpc) is 1.60. The van der Waals surface area contributed by atoms with Gasteiger partial charge in [-0.25, -0.2) is 0 Å². The minimum absolute atomic E-state index is 0.0347. The summed E-state index contributed by atoms with van der Waals surface area (Å²) in [5.74, 6) is -1.59. The third-order valence-corrected chi connectivity index (χ3v) is 1.39. The zero-order valence-corrected chi connectivity index (χ0v) is 5.04. The molecule has 0 saturated heterocycles. The summed E-state index contributed by atoms with van der Waals surface area (Å²) in [4.78, 5) is 0. The minimum Gasteiger partial charge on any atom is -0.512 e. The van der Waals surface area contributed by atoms with E-state index >= 15 is 0 Å². The van der Waals surface area contributed by atoms with Gasteiger partial charge in [0, 0.05) is 6.42 Å². The van der Waals surface area contributed by atoms with E-state index in [1.165, 1.54) is 0 Å². The molecule has 52 valence electrons. The quantitative estimate of drug-likeness (QED) is 0.413. The Balaban J connectivity index is 2.59. The van der Waals surface area contributed by atoms with Crippen molar-refractivity contribution < 1.29 is 15.3 Å². The van der Waals surface area contributed by atoms with Gasteiger partial charge in [-0.15, -0.1) is 0 Å². The fraction of sp³-hybridized carbons (Fsp3) is 0.667. The summed E-state index contributed by atoms with van der Waals surface area (Å²) < 4.78 is 0. The molecule has 1 aliphatic rings. The van der Waals surface area contributed by atoms with Crippen LogP contribution < -0.4 is 0 Å². The van der Waals surface area contributed by atoms with Gasteiger partial charge in [0.25, 0.3) is 0 Å². The maximum absolute atomic E-state index is 8.90. The van der Waals surface area contributed by atoms with Gasteiger partial charge >= 0.3 is 0 Å². The first kappa shape index (κ1) is 6.58. The maximum Gasteiger partial charge on any atom is 0.169 e. The Morgan fingerprint density at radius 1 is 1.44 bits per heavy atom. The molecule has 1 rings (SSSR count). The maximum atomic E-state index is 8.90. The third-order valence-electron chi connectivity index (χ3n) is 1.39. The summed E-state index contributed by atoms with van der Waals surface area (Å²) in [6, 6.07) is 0. The van der Waals surface area contributed by atoms with E-state index in [9.17, 15) is 0 Å². The lowest BCUT2D eigenvalue weighted by atomic mass is 10.00. The van der Waals surface area contributed by atoms with E-state index in [1.54, 1.807) is 6.08 Å². The average molecular weight is 130 g/mol. The molecule has 0 atom stereocenters. The van der Waals surface area contributed by atoms with Crippen LogP contribution in [-0.4, -0.2) is 21.1 Å². The highest BCUT2D eigenvalue weighted by atomic mass is 16.5. The van der Waals surface area contributed by atoms with Gasteiger partial charge in [0.2, 0.25) is 0 Å². The van der Waals surface area contributed by atoms with Crippen LogP contribution in [0.1, 0.15) is 19.3 Å². The van der Waals surface area contributed by atoms with E-state index in [1.807, 2.05) is 0 Å². The molecule has 9 heavy (non-hydrogen) atoms. The fourth-order valence-electron chi connectivity index (χ4n) is 0.921. The summed E-state index contributed by atoms with van der Waals surface area (Å²) in [5, 5.41) is 26.6. The summed E-state index contributed by atoms with van der Waals surface area (Å²) in [5.41, 5.74) is 0. The van der Waals surface area contributed by atoms with E-state index in [4.69, 9.17) is 15.3 Å².